The first-order valence-corrected chi connectivity index (χ1v) is 10.4. The molecule has 0 saturated carbocycles. The quantitative estimate of drug-likeness (QED) is 0.309. The maximum atomic E-state index is 6.01. The second-order valence-corrected chi connectivity index (χ2v) is 7.77. The first kappa shape index (κ1) is 17.7. The molecule has 0 radical (unpaired) electrons. The second kappa shape index (κ2) is 6.99. The molecule has 0 atom stereocenters. The van der Waals surface area contributed by atoms with E-state index >= 15 is 0 Å². The van der Waals surface area contributed by atoms with Gasteiger partial charge in [-0.3, -0.25) is 4.57 Å². The number of imidazole rings is 1. The predicted octanol–water partition coefficient (Wildman–Crippen LogP) is 7.41. The van der Waals surface area contributed by atoms with Crippen molar-refractivity contribution in [1.29, 1.82) is 0 Å². The topological polar surface area (TPSA) is 31.0 Å². The van der Waals surface area contributed by atoms with Crippen LogP contribution in [0.25, 0.3) is 50.1 Å². The highest BCUT2D eigenvalue weighted by Crippen LogP contribution is 2.35. The van der Waals surface area contributed by atoms with Crippen molar-refractivity contribution in [2.75, 3.05) is 0 Å². The molecule has 0 unspecified atom stereocenters. The van der Waals surface area contributed by atoms with E-state index in [4.69, 9.17) is 9.40 Å². The first-order chi connectivity index (χ1) is 15.3. The van der Waals surface area contributed by atoms with Crippen molar-refractivity contribution in [1.82, 2.24) is 9.55 Å². The largest absolute Gasteiger partial charge is 0.456 e. The minimum Gasteiger partial charge on any atom is -0.456 e. The molecule has 2 heterocycles. The van der Waals surface area contributed by atoms with E-state index in [2.05, 4.69) is 72.2 Å². The van der Waals surface area contributed by atoms with Gasteiger partial charge in [0.25, 0.3) is 0 Å². The van der Waals surface area contributed by atoms with Crippen molar-refractivity contribution in [3.63, 3.8) is 0 Å². The molecule has 0 saturated heterocycles. The monoisotopic (exact) mass is 400 g/mol. The average Bonchev–Trinajstić information content (AvgIpc) is 3.44. The Bertz CT molecular complexity index is 1540. The number of benzene rings is 4. The number of hydrogen-bond acceptors (Lipinski definition) is 2. The van der Waals surface area contributed by atoms with Crippen molar-refractivity contribution < 1.29 is 4.42 Å². The van der Waals surface area contributed by atoms with Crippen LogP contribution in [0, 0.1) is 6.92 Å². The number of para-hydroxylation sites is 2. The van der Waals surface area contributed by atoms with Crippen LogP contribution in [0.5, 0.6) is 0 Å². The van der Waals surface area contributed by atoms with Crippen molar-refractivity contribution in [2.45, 2.75) is 6.92 Å². The number of hydrogen-bond donors (Lipinski definition) is 0. The zero-order valence-corrected chi connectivity index (χ0v) is 17.1. The number of furan rings is 1. The third kappa shape index (κ3) is 2.86. The number of nitrogens with zero attached hydrogens (tertiary/aromatic N) is 2. The second-order valence-electron chi connectivity index (χ2n) is 7.77. The SMILES string of the molecule is Cc1cccc(-c2ccccc2)c1-n1ccnc1-c1ccc2oc3ccccc3c2c1. The highest BCUT2D eigenvalue weighted by atomic mass is 16.3. The third-order valence-electron chi connectivity index (χ3n) is 5.84. The molecule has 0 fully saturated rings. The van der Waals surface area contributed by atoms with Crippen molar-refractivity contribution >= 4 is 21.9 Å². The van der Waals surface area contributed by atoms with Gasteiger partial charge in [-0.25, -0.2) is 4.98 Å². The molecular formula is C28H20N2O. The van der Waals surface area contributed by atoms with Crippen LogP contribution in [-0.4, -0.2) is 9.55 Å². The summed E-state index contributed by atoms with van der Waals surface area (Å²) in [5.41, 5.74) is 7.60. The molecule has 0 amide bonds. The molecule has 3 heteroatoms. The fourth-order valence-corrected chi connectivity index (χ4v) is 4.39. The van der Waals surface area contributed by atoms with Crippen molar-refractivity contribution in [2.24, 2.45) is 0 Å². The van der Waals surface area contributed by atoms with Gasteiger partial charge in [0.15, 0.2) is 0 Å². The Morgan fingerprint density at radius 1 is 0.710 bits per heavy atom. The van der Waals surface area contributed by atoms with Crippen molar-refractivity contribution in [3.8, 4) is 28.2 Å². The van der Waals surface area contributed by atoms with Crippen LogP contribution in [0.2, 0.25) is 0 Å². The molecule has 6 rings (SSSR count). The molecular weight excluding hydrogens is 380 g/mol. The van der Waals surface area contributed by atoms with E-state index in [9.17, 15) is 0 Å². The lowest BCUT2D eigenvalue weighted by Crippen LogP contribution is -2.01. The number of fused-ring (bicyclic) bond motifs is 3. The normalized spacial score (nSPS) is 11.4. The fourth-order valence-electron chi connectivity index (χ4n) is 4.39. The maximum absolute atomic E-state index is 6.01. The van der Waals surface area contributed by atoms with Gasteiger partial charge in [0.2, 0.25) is 0 Å². The Hall–Kier alpha value is -4.11. The summed E-state index contributed by atoms with van der Waals surface area (Å²) in [6.07, 6.45) is 3.91. The number of rotatable bonds is 3. The smallest absolute Gasteiger partial charge is 0.144 e. The van der Waals surface area contributed by atoms with E-state index in [1.165, 1.54) is 16.7 Å². The standard InChI is InChI=1S/C28H20N2O/c1-19-8-7-12-22(20-9-3-2-4-10-20)27(19)30-17-16-29-28(30)21-14-15-26-24(18-21)23-11-5-6-13-25(23)31-26/h2-18H,1H3. The van der Waals surface area contributed by atoms with E-state index in [0.29, 0.717) is 0 Å². The van der Waals surface area contributed by atoms with Crippen LogP contribution in [-0.2, 0) is 0 Å². The summed E-state index contributed by atoms with van der Waals surface area (Å²) in [5.74, 6) is 0.915. The van der Waals surface area contributed by atoms with Crippen LogP contribution >= 0.6 is 0 Å². The van der Waals surface area contributed by atoms with Gasteiger partial charge in [0, 0.05) is 34.3 Å². The molecule has 0 aliphatic heterocycles. The average molecular weight is 400 g/mol. The van der Waals surface area contributed by atoms with Crippen LogP contribution < -0.4 is 0 Å². The van der Waals surface area contributed by atoms with E-state index in [1.54, 1.807) is 0 Å². The Labute approximate surface area is 180 Å². The fraction of sp³-hybridized carbons (Fsp3) is 0.0357. The minimum absolute atomic E-state index is 0.893. The van der Waals surface area contributed by atoms with E-state index in [1.807, 2.05) is 42.7 Å². The maximum Gasteiger partial charge on any atom is 0.144 e. The van der Waals surface area contributed by atoms with Crippen LogP contribution in [0.15, 0.2) is 108 Å². The van der Waals surface area contributed by atoms with Gasteiger partial charge in [-0.15, -0.1) is 0 Å². The van der Waals surface area contributed by atoms with Crippen LogP contribution in [0.4, 0.5) is 0 Å². The molecule has 31 heavy (non-hydrogen) atoms. The molecule has 0 bridgehead atoms. The highest BCUT2D eigenvalue weighted by Gasteiger charge is 2.16. The number of aromatic nitrogens is 2. The van der Waals surface area contributed by atoms with Crippen LogP contribution in [0.3, 0.4) is 0 Å². The summed E-state index contributed by atoms with van der Waals surface area (Å²) in [4.78, 5) is 4.74. The summed E-state index contributed by atoms with van der Waals surface area (Å²) >= 11 is 0. The Morgan fingerprint density at radius 2 is 1.52 bits per heavy atom. The first-order valence-electron chi connectivity index (χ1n) is 10.4. The van der Waals surface area contributed by atoms with Gasteiger partial charge >= 0.3 is 0 Å². The Kier molecular flexibility index (Phi) is 4.00. The van der Waals surface area contributed by atoms with E-state index in [0.717, 1.165) is 39.0 Å². The Morgan fingerprint density at radius 3 is 2.42 bits per heavy atom. The van der Waals surface area contributed by atoms with Gasteiger partial charge in [0.05, 0.1) is 5.69 Å². The zero-order chi connectivity index (χ0) is 20.8. The lowest BCUT2D eigenvalue weighted by atomic mass is 10.00. The van der Waals surface area contributed by atoms with E-state index < -0.39 is 0 Å². The summed E-state index contributed by atoms with van der Waals surface area (Å²) in [6.45, 7) is 2.15. The summed E-state index contributed by atoms with van der Waals surface area (Å²) in [5, 5.41) is 2.23. The van der Waals surface area contributed by atoms with Gasteiger partial charge < -0.3 is 4.42 Å². The molecule has 0 aliphatic rings. The van der Waals surface area contributed by atoms with Gasteiger partial charge in [-0.2, -0.15) is 0 Å². The molecule has 0 spiro atoms. The third-order valence-corrected chi connectivity index (χ3v) is 5.84. The molecule has 2 aromatic heterocycles. The molecule has 6 aromatic rings. The molecule has 0 N–H and O–H groups in total. The summed E-state index contributed by atoms with van der Waals surface area (Å²) in [6, 6.07) is 31.4. The van der Waals surface area contributed by atoms with E-state index in [-0.39, 0.29) is 0 Å². The van der Waals surface area contributed by atoms with Gasteiger partial charge in [-0.1, -0.05) is 66.7 Å². The molecule has 148 valence electrons. The molecule has 3 nitrogen and oxygen atoms in total. The Balaban J connectivity index is 1.57. The lowest BCUT2D eigenvalue weighted by molar-refractivity contribution is 0.669. The highest BCUT2D eigenvalue weighted by molar-refractivity contribution is 6.06. The van der Waals surface area contributed by atoms with Crippen LogP contribution in [0.1, 0.15) is 5.56 Å². The summed E-state index contributed by atoms with van der Waals surface area (Å²) < 4.78 is 8.20. The molecule has 0 aliphatic carbocycles. The zero-order valence-electron chi connectivity index (χ0n) is 17.1. The lowest BCUT2D eigenvalue weighted by Gasteiger charge is -2.16. The van der Waals surface area contributed by atoms with Crippen molar-refractivity contribution in [3.05, 3.63) is 109 Å². The van der Waals surface area contributed by atoms with Gasteiger partial charge in [-0.05, 0) is 42.3 Å². The number of aryl methyl sites for hydroxylation is 1. The van der Waals surface area contributed by atoms with Gasteiger partial charge in [0.1, 0.15) is 17.0 Å². The summed E-state index contributed by atoms with van der Waals surface area (Å²) in [7, 11) is 0. The molecule has 4 aromatic carbocycles. The minimum atomic E-state index is 0.893. The predicted molar refractivity (Wildman–Crippen MR) is 126 cm³/mol.